The summed E-state index contributed by atoms with van der Waals surface area (Å²) in [4.78, 5) is 35.6. The van der Waals surface area contributed by atoms with Crippen LogP contribution in [0.1, 0.15) is 30.7 Å². The number of rotatable bonds is 3. The maximum absolute atomic E-state index is 13.4. The lowest BCUT2D eigenvalue weighted by atomic mass is 9.92. The lowest BCUT2D eigenvalue weighted by Gasteiger charge is -2.26. The fraction of sp³-hybridized carbons (Fsp3) is 0.333. The predicted molar refractivity (Wildman–Crippen MR) is 98.9 cm³/mol. The van der Waals surface area contributed by atoms with E-state index in [1.807, 2.05) is 4.90 Å². The molecule has 2 amide bonds. The third-order valence-electron chi connectivity index (χ3n) is 4.76. The van der Waals surface area contributed by atoms with Crippen molar-refractivity contribution in [1.82, 2.24) is 9.97 Å². The van der Waals surface area contributed by atoms with Gasteiger partial charge in [-0.15, -0.1) is 0 Å². The van der Waals surface area contributed by atoms with Gasteiger partial charge in [-0.3, -0.25) is 9.59 Å². The molecule has 1 atom stereocenters. The van der Waals surface area contributed by atoms with Crippen molar-refractivity contribution in [3.8, 4) is 0 Å². The standard InChI is InChI=1S/C18H19FN6O2/c19-10-4-3-5-11(8-10)21-17(27)12-9-13(26)22-16-14(12)15(20)23-18(24-16)25-6-1-2-7-25/h3-5,8,12H,1-2,6-7,9H2,(H,21,27)(H3,20,22,23,24,26). The molecule has 1 aromatic heterocycles. The van der Waals surface area contributed by atoms with Gasteiger partial charge in [0.25, 0.3) is 0 Å². The summed E-state index contributed by atoms with van der Waals surface area (Å²) in [5.41, 5.74) is 6.83. The van der Waals surface area contributed by atoms with E-state index in [9.17, 15) is 14.0 Å². The molecule has 0 aliphatic carbocycles. The van der Waals surface area contributed by atoms with Gasteiger partial charge in [0.05, 0.1) is 11.5 Å². The van der Waals surface area contributed by atoms with Gasteiger partial charge in [-0.05, 0) is 31.0 Å². The summed E-state index contributed by atoms with van der Waals surface area (Å²) in [6.07, 6.45) is 2.02. The van der Waals surface area contributed by atoms with Crippen molar-refractivity contribution in [3.05, 3.63) is 35.6 Å². The summed E-state index contributed by atoms with van der Waals surface area (Å²) in [5, 5.41) is 5.32. The van der Waals surface area contributed by atoms with Crippen LogP contribution in [0, 0.1) is 5.82 Å². The number of benzene rings is 1. The third-order valence-corrected chi connectivity index (χ3v) is 4.76. The van der Waals surface area contributed by atoms with Crippen molar-refractivity contribution < 1.29 is 14.0 Å². The summed E-state index contributed by atoms with van der Waals surface area (Å²) in [6, 6.07) is 5.55. The number of amides is 2. The average molecular weight is 370 g/mol. The molecule has 4 rings (SSSR count). The number of fused-ring (bicyclic) bond motifs is 1. The molecule has 0 spiro atoms. The van der Waals surface area contributed by atoms with E-state index < -0.39 is 17.6 Å². The zero-order valence-electron chi connectivity index (χ0n) is 14.5. The molecular formula is C18H19FN6O2. The van der Waals surface area contributed by atoms with Crippen LogP contribution in [0.2, 0.25) is 0 Å². The fourth-order valence-electron chi connectivity index (χ4n) is 3.46. The second kappa shape index (κ2) is 6.82. The number of nitrogen functional groups attached to an aromatic ring is 1. The van der Waals surface area contributed by atoms with Gasteiger partial charge in [-0.1, -0.05) is 6.07 Å². The monoisotopic (exact) mass is 370 g/mol. The van der Waals surface area contributed by atoms with E-state index in [1.54, 1.807) is 6.07 Å². The van der Waals surface area contributed by atoms with Crippen molar-refractivity contribution in [2.24, 2.45) is 0 Å². The number of anilines is 4. The molecule has 0 saturated carbocycles. The van der Waals surface area contributed by atoms with Gasteiger partial charge in [-0.2, -0.15) is 9.97 Å². The summed E-state index contributed by atoms with van der Waals surface area (Å²) >= 11 is 0. The molecule has 0 bridgehead atoms. The Bertz CT molecular complexity index is 913. The maximum atomic E-state index is 13.4. The molecule has 0 radical (unpaired) electrons. The highest BCUT2D eigenvalue weighted by Gasteiger charge is 2.35. The number of hydrogen-bond acceptors (Lipinski definition) is 6. The number of carbonyl (C=O) groups is 2. The minimum atomic E-state index is -0.843. The highest BCUT2D eigenvalue weighted by Crippen LogP contribution is 2.37. The van der Waals surface area contributed by atoms with E-state index in [-0.39, 0.29) is 24.0 Å². The molecule has 1 saturated heterocycles. The van der Waals surface area contributed by atoms with Crippen LogP contribution < -0.4 is 21.3 Å². The first kappa shape index (κ1) is 17.2. The molecule has 1 unspecified atom stereocenters. The second-order valence-electron chi connectivity index (χ2n) is 6.67. The van der Waals surface area contributed by atoms with Crippen LogP contribution in [-0.2, 0) is 9.59 Å². The number of halogens is 1. The smallest absolute Gasteiger partial charge is 0.232 e. The van der Waals surface area contributed by atoms with Crippen LogP contribution in [-0.4, -0.2) is 34.9 Å². The molecule has 1 aromatic carbocycles. The Morgan fingerprint density at radius 1 is 1.30 bits per heavy atom. The number of nitrogens with zero attached hydrogens (tertiary/aromatic N) is 3. The molecule has 8 nitrogen and oxygen atoms in total. The van der Waals surface area contributed by atoms with Gasteiger partial charge in [0.15, 0.2) is 0 Å². The lowest BCUT2D eigenvalue weighted by Crippen LogP contribution is -2.33. The van der Waals surface area contributed by atoms with Crippen molar-refractivity contribution in [2.45, 2.75) is 25.2 Å². The maximum Gasteiger partial charge on any atom is 0.232 e. The van der Waals surface area contributed by atoms with Gasteiger partial charge in [0.1, 0.15) is 17.5 Å². The number of hydrogen-bond donors (Lipinski definition) is 3. The molecule has 1 fully saturated rings. The fourth-order valence-corrected chi connectivity index (χ4v) is 3.46. The number of nitrogens with two attached hydrogens (primary N) is 1. The van der Waals surface area contributed by atoms with Gasteiger partial charge in [0.2, 0.25) is 17.8 Å². The minimum absolute atomic E-state index is 0.0786. The number of nitrogens with one attached hydrogen (secondary N) is 2. The molecule has 140 valence electrons. The van der Waals surface area contributed by atoms with E-state index in [0.717, 1.165) is 25.9 Å². The van der Waals surface area contributed by atoms with Crippen LogP contribution in [0.4, 0.5) is 27.7 Å². The van der Waals surface area contributed by atoms with Crippen LogP contribution in [0.25, 0.3) is 0 Å². The first-order valence-corrected chi connectivity index (χ1v) is 8.80. The van der Waals surface area contributed by atoms with Crippen molar-refractivity contribution in [1.29, 1.82) is 0 Å². The van der Waals surface area contributed by atoms with E-state index in [2.05, 4.69) is 20.6 Å². The lowest BCUT2D eigenvalue weighted by molar-refractivity contribution is -0.123. The average Bonchev–Trinajstić information content (AvgIpc) is 3.15. The van der Waals surface area contributed by atoms with Gasteiger partial charge >= 0.3 is 0 Å². The molecule has 2 aliphatic rings. The molecule has 2 aliphatic heterocycles. The van der Waals surface area contributed by atoms with Crippen molar-refractivity contribution in [3.63, 3.8) is 0 Å². The van der Waals surface area contributed by atoms with Crippen molar-refractivity contribution >= 4 is 35.1 Å². The number of aromatic nitrogens is 2. The minimum Gasteiger partial charge on any atom is -0.383 e. The first-order valence-electron chi connectivity index (χ1n) is 8.80. The zero-order valence-corrected chi connectivity index (χ0v) is 14.5. The Labute approximate surface area is 155 Å². The molecule has 3 heterocycles. The summed E-state index contributed by atoms with van der Waals surface area (Å²) < 4.78 is 13.4. The van der Waals surface area contributed by atoms with Crippen LogP contribution in [0.5, 0.6) is 0 Å². The molecule has 4 N–H and O–H groups in total. The summed E-state index contributed by atoms with van der Waals surface area (Å²) in [7, 11) is 0. The normalized spacial score (nSPS) is 18.8. The third kappa shape index (κ3) is 3.40. The molecule has 2 aromatic rings. The van der Waals surface area contributed by atoms with E-state index >= 15 is 0 Å². The molecular weight excluding hydrogens is 351 g/mol. The summed E-state index contributed by atoms with van der Waals surface area (Å²) in [6.45, 7) is 1.66. The Morgan fingerprint density at radius 3 is 2.81 bits per heavy atom. The molecule has 27 heavy (non-hydrogen) atoms. The highest BCUT2D eigenvalue weighted by molar-refractivity contribution is 6.05. The topological polar surface area (TPSA) is 113 Å². The Hall–Kier alpha value is -3.23. The van der Waals surface area contributed by atoms with Crippen LogP contribution in [0.15, 0.2) is 24.3 Å². The van der Waals surface area contributed by atoms with E-state index in [1.165, 1.54) is 18.2 Å². The van der Waals surface area contributed by atoms with Gasteiger partial charge < -0.3 is 21.3 Å². The first-order chi connectivity index (χ1) is 13.0. The highest BCUT2D eigenvalue weighted by atomic mass is 19.1. The summed E-state index contributed by atoms with van der Waals surface area (Å²) in [5.74, 6) is -1.21. The Morgan fingerprint density at radius 2 is 2.07 bits per heavy atom. The Kier molecular flexibility index (Phi) is 4.35. The van der Waals surface area contributed by atoms with E-state index in [4.69, 9.17) is 5.73 Å². The number of carbonyl (C=O) groups excluding carboxylic acids is 2. The SMILES string of the molecule is Nc1nc(N2CCCC2)nc2c1C(C(=O)Nc1cccc(F)c1)CC(=O)N2. The largest absolute Gasteiger partial charge is 0.383 e. The zero-order chi connectivity index (χ0) is 19.0. The van der Waals surface area contributed by atoms with Gasteiger partial charge in [-0.25, -0.2) is 4.39 Å². The van der Waals surface area contributed by atoms with Gasteiger partial charge in [0, 0.05) is 25.2 Å². The molecule has 9 heteroatoms. The van der Waals surface area contributed by atoms with Crippen molar-refractivity contribution in [2.75, 3.05) is 34.4 Å². The van der Waals surface area contributed by atoms with Crippen LogP contribution >= 0.6 is 0 Å². The van der Waals surface area contributed by atoms with Crippen LogP contribution in [0.3, 0.4) is 0 Å². The van der Waals surface area contributed by atoms with E-state index in [0.29, 0.717) is 17.2 Å². The Balaban J connectivity index is 1.65. The second-order valence-corrected chi connectivity index (χ2v) is 6.67. The predicted octanol–water partition coefficient (Wildman–Crippen LogP) is 1.86. The quantitative estimate of drug-likeness (QED) is 0.760.